The van der Waals surface area contributed by atoms with E-state index in [2.05, 4.69) is 10.0 Å². The summed E-state index contributed by atoms with van der Waals surface area (Å²) in [6.07, 6.45) is 1.79. The number of hydrogen-bond donors (Lipinski definition) is 2. The molecule has 5 heteroatoms. The highest BCUT2D eigenvalue weighted by Gasteiger charge is 2.35. The quantitative estimate of drug-likeness (QED) is 0.619. The second-order valence-electron chi connectivity index (χ2n) is 2.71. The zero-order chi connectivity index (χ0) is 8.32. The molecular weight excluding hydrogens is 170 g/mol. The van der Waals surface area contributed by atoms with Crippen LogP contribution in [0.5, 0.6) is 0 Å². The molecule has 0 aromatic rings. The molecule has 1 aliphatic rings. The van der Waals surface area contributed by atoms with Gasteiger partial charge in [-0.05, 0) is 6.26 Å². The van der Waals surface area contributed by atoms with E-state index in [0.29, 0.717) is 6.54 Å². The molecule has 1 rings (SSSR count). The van der Waals surface area contributed by atoms with E-state index < -0.39 is 5.92 Å². The van der Waals surface area contributed by atoms with Crippen LogP contribution in [-0.2, 0) is 0 Å². The van der Waals surface area contributed by atoms with Gasteiger partial charge in [0.15, 0.2) is 0 Å². The molecule has 0 bridgehead atoms. The fourth-order valence-corrected chi connectivity index (χ4v) is 1.68. The molecule has 0 aromatic carbocycles. The minimum absolute atomic E-state index is 0.0547. The SMILES string of the molecule is CSN[C@H]1CNCC(F)(F)C1. The third-order valence-corrected chi connectivity index (χ3v) is 2.17. The van der Waals surface area contributed by atoms with Crippen molar-refractivity contribution in [2.75, 3.05) is 19.3 Å². The Kier molecular flexibility index (Phi) is 3.09. The Morgan fingerprint density at radius 1 is 1.64 bits per heavy atom. The molecule has 2 N–H and O–H groups in total. The van der Waals surface area contributed by atoms with Gasteiger partial charge in [0.2, 0.25) is 0 Å². The maximum absolute atomic E-state index is 12.7. The molecule has 2 nitrogen and oxygen atoms in total. The van der Waals surface area contributed by atoms with Crippen molar-refractivity contribution in [1.82, 2.24) is 10.0 Å². The molecule has 1 saturated heterocycles. The van der Waals surface area contributed by atoms with Crippen molar-refractivity contribution in [1.29, 1.82) is 0 Å². The molecule has 0 radical (unpaired) electrons. The highest BCUT2D eigenvalue weighted by molar-refractivity contribution is 7.96. The van der Waals surface area contributed by atoms with Gasteiger partial charge in [0, 0.05) is 19.0 Å². The number of piperidine rings is 1. The molecule has 0 spiro atoms. The van der Waals surface area contributed by atoms with Crippen molar-refractivity contribution in [3.05, 3.63) is 0 Å². The van der Waals surface area contributed by atoms with E-state index in [4.69, 9.17) is 0 Å². The van der Waals surface area contributed by atoms with Crippen LogP contribution < -0.4 is 10.0 Å². The number of hydrogen-bond acceptors (Lipinski definition) is 3. The zero-order valence-electron chi connectivity index (χ0n) is 6.36. The fourth-order valence-electron chi connectivity index (χ4n) is 1.18. The summed E-state index contributed by atoms with van der Waals surface area (Å²) < 4.78 is 28.2. The largest absolute Gasteiger partial charge is 0.310 e. The summed E-state index contributed by atoms with van der Waals surface area (Å²) in [5.74, 6) is -2.54. The summed E-state index contributed by atoms with van der Waals surface area (Å²) in [4.78, 5) is 0. The van der Waals surface area contributed by atoms with E-state index in [1.165, 1.54) is 11.9 Å². The van der Waals surface area contributed by atoms with Crippen molar-refractivity contribution in [3.63, 3.8) is 0 Å². The maximum atomic E-state index is 12.7. The normalized spacial score (nSPS) is 30.3. The molecule has 1 atom stereocenters. The smallest absolute Gasteiger partial charge is 0.261 e. The second-order valence-corrected chi connectivity index (χ2v) is 3.35. The summed E-state index contributed by atoms with van der Waals surface area (Å²) in [5, 5.41) is 2.68. The Hall–Kier alpha value is 0.130. The standard InChI is InChI=1S/C6H12F2N2S/c1-11-10-5-2-6(7,8)4-9-3-5/h5,9-10H,2-4H2,1H3/t5-/m1/s1. The molecule has 11 heavy (non-hydrogen) atoms. The Bertz CT molecular complexity index is 130. The summed E-state index contributed by atoms with van der Waals surface area (Å²) >= 11 is 1.39. The lowest BCUT2D eigenvalue weighted by atomic mass is 10.1. The monoisotopic (exact) mass is 182 g/mol. The number of halogens is 2. The first-order chi connectivity index (χ1) is 5.14. The van der Waals surface area contributed by atoms with Gasteiger partial charge in [-0.25, -0.2) is 8.78 Å². The van der Waals surface area contributed by atoms with Gasteiger partial charge >= 0.3 is 0 Å². The minimum atomic E-state index is -2.54. The van der Waals surface area contributed by atoms with Gasteiger partial charge in [0.1, 0.15) is 0 Å². The lowest BCUT2D eigenvalue weighted by molar-refractivity contribution is -0.0281. The lowest BCUT2D eigenvalue weighted by Gasteiger charge is -2.29. The van der Waals surface area contributed by atoms with Gasteiger partial charge in [0.05, 0.1) is 6.54 Å². The van der Waals surface area contributed by atoms with Crippen LogP contribution in [0, 0.1) is 0 Å². The molecule has 0 aliphatic carbocycles. The van der Waals surface area contributed by atoms with Crippen molar-refractivity contribution in [2.24, 2.45) is 0 Å². The molecular formula is C6H12F2N2S. The third kappa shape index (κ3) is 2.92. The van der Waals surface area contributed by atoms with Crippen molar-refractivity contribution >= 4 is 11.9 Å². The first-order valence-corrected chi connectivity index (χ1v) is 4.73. The second kappa shape index (κ2) is 3.69. The Morgan fingerprint density at radius 3 is 2.91 bits per heavy atom. The van der Waals surface area contributed by atoms with Crippen LogP contribution in [0.3, 0.4) is 0 Å². The van der Waals surface area contributed by atoms with Crippen LogP contribution in [0.2, 0.25) is 0 Å². The lowest BCUT2D eigenvalue weighted by Crippen LogP contribution is -2.50. The predicted octanol–water partition coefficient (Wildman–Crippen LogP) is 0.851. The van der Waals surface area contributed by atoms with Gasteiger partial charge in [-0.1, -0.05) is 11.9 Å². The molecule has 0 saturated carbocycles. The molecule has 0 aromatic heterocycles. The average Bonchev–Trinajstić information content (AvgIpc) is 1.85. The zero-order valence-corrected chi connectivity index (χ0v) is 7.18. The predicted molar refractivity (Wildman–Crippen MR) is 42.9 cm³/mol. The van der Waals surface area contributed by atoms with E-state index in [9.17, 15) is 8.78 Å². The van der Waals surface area contributed by atoms with Gasteiger partial charge in [0.25, 0.3) is 5.92 Å². The van der Waals surface area contributed by atoms with Gasteiger partial charge < -0.3 is 5.32 Å². The van der Waals surface area contributed by atoms with Crippen LogP contribution in [0.15, 0.2) is 0 Å². The van der Waals surface area contributed by atoms with Gasteiger partial charge in [-0.3, -0.25) is 4.72 Å². The highest BCUT2D eigenvalue weighted by Crippen LogP contribution is 2.22. The average molecular weight is 182 g/mol. The number of alkyl halides is 2. The molecule has 0 amide bonds. The number of rotatable bonds is 2. The minimum Gasteiger partial charge on any atom is -0.310 e. The van der Waals surface area contributed by atoms with Crippen molar-refractivity contribution in [2.45, 2.75) is 18.4 Å². The van der Waals surface area contributed by atoms with E-state index >= 15 is 0 Å². The maximum Gasteiger partial charge on any atom is 0.261 e. The number of nitrogens with one attached hydrogen (secondary N) is 2. The van der Waals surface area contributed by atoms with E-state index in [0.717, 1.165) is 0 Å². The summed E-state index contributed by atoms with van der Waals surface area (Å²) in [7, 11) is 0. The first kappa shape index (κ1) is 9.22. The van der Waals surface area contributed by atoms with Gasteiger partial charge in [-0.15, -0.1) is 0 Å². The molecule has 1 aliphatic heterocycles. The van der Waals surface area contributed by atoms with Crippen molar-refractivity contribution in [3.8, 4) is 0 Å². The summed E-state index contributed by atoms with van der Waals surface area (Å²) in [5.41, 5.74) is 0. The molecule has 0 unspecified atom stereocenters. The Balaban J connectivity index is 2.34. The first-order valence-electron chi connectivity index (χ1n) is 3.51. The van der Waals surface area contributed by atoms with E-state index in [1.54, 1.807) is 0 Å². The summed E-state index contributed by atoms with van der Waals surface area (Å²) in [6.45, 7) is 0.454. The molecule has 1 heterocycles. The van der Waals surface area contributed by atoms with Gasteiger partial charge in [-0.2, -0.15) is 0 Å². The molecule has 1 fully saturated rings. The van der Waals surface area contributed by atoms with E-state index in [1.807, 2.05) is 6.26 Å². The van der Waals surface area contributed by atoms with E-state index in [-0.39, 0.29) is 19.0 Å². The van der Waals surface area contributed by atoms with Crippen LogP contribution in [0.1, 0.15) is 6.42 Å². The highest BCUT2D eigenvalue weighted by atomic mass is 32.2. The topological polar surface area (TPSA) is 24.1 Å². The van der Waals surface area contributed by atoms with Crippen LogP contribution in [-0.4, -0.2) is 31.3 Å². The van der Waals surface area contributed by atoms with Crippen LogP contribution >= 0.6 is 11.9 Å². The van der Waals surface area contributed by atoms with Crippen molar-refractivity contribution < 1.29 is 8.78 Å². The summed E-state index contributed by atoms with van der Waals surface area (Å²) in [6, 6.07) is -0.103. The Morgan fingerprint density at radius 2 is 2.36 bits per heavy atom. The molecule has 66 valence electrons. The Labute approximate surface area is 69.2 Å². The van der Waals surface area contributed by atoms with Crippen LogP contribution in [0.4, 0.5) is 8.78 Å². The third-order valence-electron chi connectivity index (χ3n) is 1.60. The van der Waals surface area contributed by atoms with Crippen LogP contribution in [0.25, 0.3) is 0 Å². The fraction of sp³-hybridized carbons (Fsp3) is 1.00.